The van der Waals surface area contributed by atoms with E-state index < -0.39 is 34.6 Å². The molecule has 6 heterocycles. The average Bonchev–Trinajstić information content (AvgIpc) is 4.06. The molecule has 20 nitrogen and oxygen atoms in total. The van der Waals surface area contributed by atoms with Crippen LogP contribution in [0.4, 0.5) is 32.9 Å². The molecule has 0 atom stereocenters. The number of aliphatic hydroxyl groups is 1. The van der Waals surface area contributed by atoms with Gasteiger partial charge < -0.3 is 50.3 Å². The molecule has 80 heavy (non-hydrogen) atoms. The third-order valence-electron chi connectivity index (χ3n) is 13.7. The number of ether oxygens (including phenoxy) is 2. The van der Waals surface area contributed by atoms with E-state index in [0.29, 0.717) is 42.2 Å². The number of anilines is 4. The van der Waals surface area contributed by atoms with Crippen molar-refractivity contribution in [1.29, 1.82) is 0 Å². The molecule has 0 unspecified atom stereocenters. The maximum atomic E-state index is 12.0. The maximum Gasteiger partial charge on any atom is 0.407 e. The van der Waals surface area contributed by atoms with Crippen molar-refractivity contribution in [2.24, 2.45) is 0 Å². The summed E-state index contributed by atoms with van der Waals surface area (Å²) in [5.74, 6) is 1.01. The number of alkyl carbamates (subject to hydrolysis) is 2. The summed E-state index contributed by atoms with van der Waals surface area (Å²) in [6, 6.07) is 16.4. The van der Waals surface area contributed by atoms with Gasteiger partial charge in [0.2, 0.25) is 11.9 Å². The molecule has 431 valence electrons. The van der Waals surface area contributed by atoms with Crippen molar-refractivity contribution in [3.05, 3.63) is 113 Å². The number of nitrogens with zero attached hydrogens (tertiary/aromatic N) is 10. The van der Waals surface area contributed by atoms with Crippen LogP contribution in [0.25, 0.3) is 11.3 Å². The number of carbonyl (C=O) groups is 2. The number of aryl methyl sites for hydroxylation is 2. The third-order valence-corrected chi connectivity index (χ3v) is 13.9. The van der Waals surface area contributed by atoms with Gasteiger partial charge in [0.25, 0.3) is 0 Å². The second-order valence-corrected chi connectivity index (χ2v) is 23.9. The molecule has 2 amide bonds. The van der Waals surface area contributed by atoms with Crippen molar-refractivity contribution in [1.82, 2.24) is 59.9 Å². The van der Waals surface area contributed by atoms with E-state index in [1.807, 2.05) is 134 Å². The van der Waals surface area contributed by atoms with Crippen molar-refractivity contribution >= 4 is 60.0 Å². The number of aromatic nitrogens is 8. The molecule has 22 heteroatoms. The molecule has 1 radical (unpaired) electrons. The molecule has 0 spiro atoms. The molecule has 4 aromatic heterocycles. The first-order valence-electron chi connectivity index (χ1n) is 27.3. The summed E-state index contributed by atoms with van der Waals surface area (Å²) in [4.78, 5) is 45.7. The molecule has 2 saturated heterocycles. The number of nitrogens with one attached hydrogen (secondary N) is 4. The Balaban J connectivity index is 0.000000202. The minimum atomic E-state index is -0.962. The molecule has 0 saturated carbocycles. The van der Waals surface area contributed by atoms with E-state index in [9.17, 15) is 14.7 Å². The molecule has 6 aromatic rings. The van der Waals surface area contributed by atoms with E-state index in [1.165, 1.54) is 0 Å². The lowest BCUT2D eigenvalue weighted by atomic mass is 9.81. The Morgan fingerprint density at radius 2 is 1.12 bits per heavy atom. The minimum absolute atomic E-state index is 0.400. The topological polar surface area (TPSA) is 224 Å². The number of halogens is 1. The van der Waals surface area contributed by atoms with Crippen LogP contribution >= 0.6 is 11.6 Å². The fourth-order valence-corrected chi connectivity index (χ4v) is 8.46. The summed E-state index contributed by atoms with van der Waals surface area (Å²) in [5.41, 5.74) is 5.88. The van der Waals surface area contributed by atoms with E-state index in [2.05, 4.69) is 76.4 Å². The molecule has 8 rings (SSSR count). The highest BCUT2D eigenvalue weighted by molar-refractivity contribution is 6.47. The van der Waals surface area contributed by atoms with E-state index in [4.69, 9.17) is 30.7 Å². The lowest BCUT2D eigenvalue weighted by molar-refractivity contribution is -0.0893. The first kappa shape index (κ1) is 62.6. The fraction of sp³-hybridized carbons (Fsp3) is 0.517. The molecular formula is C58H83BClN14O6. The zero-order chi connectivity index (χ0) is 58.4. The highest BCUT2D eigenvalue weighted by atomic mass is 35.5. The predicted octanol–water partition coefficient (Wildman–Crippen LogP) is 9.85. The number of benzene rings is 2. The third kappa shape index (κ3) is 20.2. The molecule has 2 aromatic carbocycles. The molecule has 2 aliphatic heterocycles. The zero-order valence-electron chi connectivity index (χ0n) is 49.2. The first-order chi connectivity index (χ1) is 37.6. The zero-order valence-corrected chi connectivity index (χ0v) is 50.0. The van der Waals surface area contributed by atoms with Crippen LogP contribution in [0.15, 0.2) is 85.7 Å². The van der Waals surface area contributed by atoms with Crippen LogP contribution in [-0.2, 0) is 27.2 Å². The summed E-state index contributed by atoms with van der Waals surface area (Å²) < 4.78 is 20.4. The van der Waals surface area contributed by atoms with Gasteiger partial charge in [0.1, 0.15) is 16.4 Å². The van der Waals surface area contributed by atoms with Gasteiger partial charge in [0, 0.05) is 43.4 Å². The molecule has 2 aliphatic rings. The molecule has 5 N–H and O–H groups in total. The molecular weight excluding hydrogens is 1030 g/mol. The van der Waals surface area contributed by atoms with Gasteiger partial charge in [-0.2, -0.15) is 10.2 Å². The average molecular weight is 1120 g/mol. The number of likely N-dealkylation sites (tertiary alicyclic amines) is 2. The molecule has 0 bridgehead atoms. The molecule has 0 aliphatic carbocycles. The number of piperidine rings is 2. The Morgan fingerprint density at radius 1 is 0.662 bits per heavy atom. The number of amides is 2. The summed E-state index contributed by atoms with van der Waals surface area (Å²) in [5, 5.41) is 31.5. The van der Waals surface area contributed by atoms with Gasteiger partial charge >= 0.3 is 19.7 Å². The minimum Gasteiger partial charge on any atom is -0.444 e. The van der Waals surface area contributed by atoms with Crippen LogP contribution in [0.5, 0.6) is 0 Å². The lowest BCUT2D eigenvalue weighted by Gasteiger charge is -2.37. The lowest BCUT2D eigenvalue weighted by Crippen LogP contribution is -2.49. The largest absolute Gasteiger partial charge is 0.444 e. The summed E-state index contributed by atoms with van der Waals surface area (Å²) in [7, 11) is 5.96. The predicted molar refractivity (Wildman–Crippen MR) is 316 cm³/mol. The van der Waals surface area contributed by atoms with Crippen molar-refractivity contribution < 1.29 is 28.8 Å². The number of hydrogen-bond acceptors (Lipinski definition) is 16. The normalized spacial score (nSPS) is 14.9. The van der Waals surface area contributed by atoms with Crippen molar-refractivity contribution in [3.63, 3.8) is 0 Å². The summed E-state index contributed by atoms with van der Waals surface area (Å²) >= 11 is 5.84. The van der Waals surface area contributed by atoms with Crippen molar-refractivity contribution in [2.45, 2.75) is 156 Å². The van der Waals surface area contributed by atoms with E-state index >= 15 is 0 Å². The van der Waals surface area contributed by atoms with Gasteiger partial charge in [-0.25, -0.2) is 29.5 Å². The van der Waals surface area contributed by atoms with Crippen LogP contribution < -0.4 is 26.7 Å². The van der Waals surface area contributed by atoms with Crippen LogP contribution in [-0.4, -0.2) is 137 Å². The Kier molecular flexibility index (Phi) is 21.6. The Hall–Kier alpha value is -6.65. The standard InChI is InChI=1S/C26H35N7O2.C19H31BNO4.C13H17ClN6/c1-18-14-19(6-7-20(18)15-28-25(34)35-26(2,3)4)23-8-11-27-24(31-23)30-21-16-29-33(17-21)22-9-12-32(5)13-10-22;1-13-11-15(20-25-19(7,8)18(5,6)23)10-9-14(13)12-21-16(22)24-17(2,3)4;1-19-6-3-11(4-7-19)20-9-10(8-16-20)17-13-15-5-2-12(14)18-13/h6-8,11,14,16-17,22H,9-10,12-13,15H2,1-5H3,(H,28,34)(H,27,30,31);9-11,23H,12H2,1-8H3,(H,21,22);2,5,8-9,11H,3-4,6-7H2,1H3,(H,15,17,18). The van der Waals surface area contributed by atoms with Gasteiger partial charge in [0.05, 0.1) is 52.7 Å². The highest BCUT2D eigenvalue weighted by Gasteiger charge is 2.36. The SMILES string of the molecule is CN1CCC(n2cc(Nc3nccc(Cl)n3)cn2)CC1.Cc1cc(-c2ccnc(Nc3cnn(C4CCN(C)CC4)c3)n2)ccc1CNC(=O)OC(C)(C)C.Cc1cc([B]OC(C)(C)C(C)(C)O)ccc1CNC(=O)OC(C)(C)C. The van der Waals surface area contributed by atoms with Gasteiger partial charge in [0.15, 0.2) is 0 Å². The molecule has 2 fully saturated rings. The van der Waals surface area contributed by atoms with Crippen LogP contribution in [0, 0.1) is 13.8 Å². The van der Waals surface area contributed by atoms with E-state index in [0.717, 1.165) is 102 Å². The number of rotatable bonds is 15. The smallest absolute Gasteiger partial charge is 0.407 e. The summed E-state index contributed by atoms with van der Waals surface area (Å²) in [6.07, 6.45) is 14.6. The highest BCUT2D eigenvalue weighted by Crippen LogP contribution is 2.28. The Bertz CT molecular complexity index is 2950. The van der Waals surface area contributed by atoms with Gasteiger partial charge in [-0.05, 0) is 189 Å². The Morgan fingerprint density at radius 3 is 1.57 bits per heavy atom. The van der Waals surface area contributed by atoms with Crippen LogP contribution in [0.3, 0.4) is 0 Å². The number of hydrogen-bond donors (Lipinski definition) is 5. The van der Waals surface area contributed by atoms with Crippen molar-refractivity contribution in [2.75, 3.05) is 50.9 Å². The fourth-order valence-electron chi connectivity index (χ4n) is 8.33. The number of carbonyl (C=O) groups excluding carboxylic acids is 2. The maximum absolute atomic E-state index is 12.0. The van der Waals surface area contributed by atoms with Gasteiger partial charge in [-0.1, -0.05) is 47.4 Å². The summed E-state index contributed by atoms with van der Waals surface area (Å²) in [6.45, 7) is 27.4. The first-order valence-corrected chi connectivity index (χ1v) is 27.6. The second kappa shape index (κ2) is 27.7. The van der Waals surface area contributed by atoms with Gasteiger partial charge in [-0.3, -0.25) is 9.36 Å². The quantitative estimate of drug-likeness (QED) is 0.0477. The monoisotopic (exact) mass is 1120 g/mol. The van der Waals surface area contributed by atoms with E-state index in [-0.39, 0.29) is 0 Å². The van der Waals surface area contributed by atoms with Crippen LogP contribution in [0.1, 0.15) is 129 Å². The van der Waals surface area contributed by atoms with E-state index in [1.54, 1.807) is 46.0 Å². The van der Waals surface area contributed by atoms with Crippen molar-refractivity contribution in [3.8, 4) is 11.3 Å². The van der Waals surface area contributed by atoms with Crippen LogP contribution in [0.2, 0.25) is 5.15 Å². The Labute approximate surface area is 478 Å². The second-order valence-electron chi connectivity index (χ2n) is 23.5. The van der Waals surface area contributed by atoms with Gasteiger partial charge in [-0.15, -0.1) is 0 Å².